The molecular weight excluding hydrogens is 428 g/mol. The van der Waals surface area contributed by atoms with Gasteiger partial charge in [-0.05, 0) is 45.1 Å². The van der Waals surface area contributed by atoms with Gasteiger partial charge in [0.2, 0.25) is 5.91 Å². The summed E-state index contributed by atoms with van der Waals surface area (Å²) in [6.07, 6.45) is -1.41. The van der Waals surface area contributed by atoms with Gasteiger partial charge in [-0.15, -0.1) is 0 Å². The molecule has 1 rings (SSSR count). The van der Waals surface area contributed by atoms with Crippen LogP contribution in [0.4, 0.5) is 4.79 Å². The molecule has 1 aromatic carbocycles. The molecule has 2 amide bonds. The fourth-order valence-corrected chi connectivity index (χ4v) is 3.59. The van der Waals surface area contributed by atoms with Crippen LogP contribution in [0.3, 0.4) is 0 Å². The second-order valence-corrected chi connectivity index (χ2v) is 10.2. The number of aliphatic carboxylic acids is 2. The van der Waals surface area contributed by atoms with Gasteiger partial charge in [0, 0.05) is 12.0 Å². The van der Waals surface area contributed by atoms with Crippen LogP contribution in [-0.4, -0.2) is 56.2 Å². The van der Waals surface area contributed by atoms with E-state index in [1.165, 1.54) is 11.8 Å². The largest absolute Gasteiger partial charge is 0.480 e. The number of ether oxygens (including phenoxy) is 1. The number of alkyl carbamates (subject to hydrolysis) is 1. The first kappa shape index (κ1) is 27.9. The normalized spacial score (nSPS) is 14.5. The molecule has 0 aliphatic heterocycles. The van der Waals surface area contributed by atoms with Crippen LogP contribution < -0.4 is 5.32 Å². The van der Waals surface area contributed by atoms with E-state index >= 15 is 0 Å². The number of amides is 2. The van der Waals surface area contributed by atoms with Gasteiger partial charge < -0.3 is 25.2 Å². The van der Waals surface area contributed by atoms with E-state index in [1.807, 2.05) is 6.07 Å². The molecule has 0 spiro atoms. The van der Waals surface area contributed by atoms with Crippen molar-refractivity contribution in [2.24, 2.45) is 5.41 Å². The summed E-state index contributed by atoms with van der Waals surface area (Å²) in [6, 6.07) is 7.53. The van der Waals surface area contributed by atoms with Gasteiger partial charge in [-0.25, -0.2) is 14.4 Å². The van der Waals surface area contributed by atoms with Crippen molar-refractivity contribution in [2.75, 3.05) is 0 Å². The number of carboxylic acid groups (broad SMARTS) is 2. The van der Waals surface area contributed by atoms with E-state index in [2.05, 4.69) is 5.32 Å². The number of nitrogens with one attached hydrogen (secondary N) is 1. The third-order valence-corrected chi connectivity index (χ3v) is 5.69. The van der Waals surface area contributed by atoms with E-state index in [0.29, 0.717) is 0 Å². The van der Waals surface area contributed by atoms with Crippen LogP contribution in [0.25, 0.3) is 0 Å². The molecule has 3 N–H and O–H groups in total. The number of hydrogen-bond donors (Lipinski definition) is 3. The first-order valence-corrected chi connectivity index (χ1v) is 10.8. The number of benzene rings is 1. The lowest BCUT2D eigenvalue weighted by Gasteiger charge is -2.52. The summed E-state index contributed by atoms with van der Waals surface area (Å²) in [6.45, 7) is 11.8. The van der Waals surface area contributed by atoms with Crippen LogP contribution >= 0.6 is 0 Å². The van der Waals surface area contributed by atoms with Crippen LogP contribution in [0.5, 0.6) is 0 Å². The Hall–Kier alpha value is -3.10. The minimum atomic E-state index is -1.55. The van der Waals surface area contributed by atoms with E-state index < -0.39 is 46.5 Å². The Morgan fingerprint density at radius 2 is 1.52 bits per heavy atom. The first-order chi connectivity index (χ1) is 15.0. The maximum Gasteiger partial charge on any atom is 0.408 e. The van der Waals surface area contributed by atoms with Crippen molar-refractivity contribution >= 4 is 23.9 Å². The molecule has 0 fully saturated rings. The fourth-order valence-electron chi connectivity index (χ4n) is 3.59. The minimum Gasteiger partial charge on any atom is -0.480 e. The third kappa shape index (κ3) is 7.20. The average molecular weight is 465 g/mol. The molecule has 0 saturated carbocycles. The molecule has 0 radical (unpaired) electrons. The molecule has 0 saturated heterocycles. The van der Waals surface area contributed by atoms with Crippen molar-refractivity contribution in [1.29, 1.82) is 0 Å². The maximum absolute atomic E-state index is 13.2. The summed E-state index contributed by atoms with van der Waals surface area (Å²) in [5, 5.41) is 21.8. The molecule has 0 aromatic heterocycles. The molecule has 9 heteroatoms. The van der Waals surface area contributed by atoms with Crippen molar-refractivity contribution in [3.63, 3.8) is 0 Å². The zero-order chi connectivity index (χ0) is 25.6. The Balaban J connectivity index is 2.94. The van der Waals surface area contributed by atoms with Crippen LogP contribution in [0.2, 0.25) is 0 Å². The molecule has 2 atom stereocenters. The highest BCUT2D eigenvalue weighted by molar-refractivity contribution is 5.88. The van der Waals surface area contributed by atoms with Crippen molar-refractivity contribution in [2.45, 2.75) is 85.0 Å². The molecule has 184 valence electrons. The zero-order valence-electron chi connectivity index (χ0n) is 20.5. The van der Waals surface area contributed by atoms with Crippen molar-refractivity contribution < 1.29 is 34.1 Å². The molecule has 33 heavy (non-hydrogen) atoms. The Labute approximate surface area is 195 Å². The minimum absolute atomic E-state index is 0.0295. The topological polar surface area (TPSA) is 133 Å². The number of carbonyl (C=O) groups is 4. The lowest BCUT2D eigenvalue weighted by molar-refractivity contribution is -0.174. The maximum atomic E-state index is 13.2. The van der Waals surface area contributed by atoms with Crippen LogP contribution in [0, 0.1) is 5.41 Å². The number of carbonyl (C=O) groups excluding carboxylic acids is 2. The summed E-state index contributed by atoms with van der Waals surface area (Å²) in [5.41, 5.74) is -2.47. The van der Waals surface area contributed by atoms with E-state index in [1.54, 1.807) is 65.8 Å². The Kier molecular flexibility index (Phi) is 9.04. The lowest BCUT2D eigenvalue weighted by atomic mass is 9.71. The quantitative estimate of drug-likeness (QED) is 0.508. The Morgan fingerprint density at radius 3 is 1.94 bits per heavy atom. The van der Waals surface area contributed by atoms with E-state index in [-0.39, 0.29) is 19.4 Å². The van der Waals surface area contributed by atoms with Gasteiger partial charge in [0.1, 0.15) is 18.2 Å². The standard InChI is InChI=1S/C24H36N2O7/c1-22(2,3)24(7,20(30)31)26(23(4,5)6)18(27)14-13-17(19(28)29)25-21(32)33-15-16-11-9-8-10-12-16/h8-12,17H,13-15H2,1-7H3,(H,25,32)(H,28,29)(H,30,31)/t17-,24+/m0/s1. The second-order valence-electron chi connectivity index (χ2n) is 10.2. The number of rotatable bonds is 9. The Bertz CT molecular complexity index is 856. The average Bonchev–Trinajstić information content (AvgIpc) is 2.68. The highest BCUT2D eigenvalue weighted by Crippen LogP contribution is 2.40. The molecule has 1 aromatic rings. The predicted octanol–water partition coefficient (Wildman–Crippen LogP) is 3.66. The van der Waals surface area contributed by atoms with Crippen molar-refractivity contribution in [1.82, 2.24) is 10.2 Å². The molecule has 0 heterocycles. The lowest BCUT2D eigenvalue weighted by Crippen LogP contribution is -2.67. The zero-order valence-corrected chi connectivity index (χ0v) is 20.5. The summed E-state index contributed by atoms with van der Waals surface area (Å²) in [5.74, 6) is -3.00. The van der Waals surface area contributed by atoms with E-state index in [0.717, 1.165) is 5.56 Å². The fraction of sp³-hybridized carbons (Fsp3) is 0.583. The highest BCUT2D eigenvalue weighted by atomic mass is 16.5. The van der Waals surface area contributed by atoms with Gasteiger partial charge in [0.15, 0.2) is 0 Å². The van der Waals surface area contributed by atoms with E-state index in [9.17, 15) is 29.4 Å². The first-order valence-electron chi connectivity index (χ1n) is 10.8. The smallest absolute Gasteiger partial charge is 0.408 e. The van der Waals surface area contributed by atoms with Crippen molar-refractivity contribution in [3.8, 4) is 0 Å². The summed E-state index contributed by atoms with van der Waals surface area (Å²) in [4.78, 5) is 50.6. The summed E-state index contributed by atoms with van der Waals surface area (Å²) < 4.78 is 5.06. The van der Waals surface area contributed by atoms with Gasteiger partial charge >= 0.3 is 18.0 Å². The van der Waals surface area contributed by atoms with Crippen LogP contribution in [0.15, 0.2) is 30.3 Å². The van der Waals surface area contributed by atoms with Gasteiger partial charge in [0.25, 0.3) is 0 Å². The van der Waals surface area contributed by atoms with Crippen LogP contribution in [-0.2, 0) is 25.7 Å². The van der Waals surface area contributed by atoms with Gasteiger partial charge in [-0.2, -0.15) is 0 Å². The van der Waals surface area contributed by atoms with E-state index in [4.69, 9.17) is 4.74 Å². The van der Waals surface area contributed by atoms with Gasteiger partial charge in [0.05, 0.1) is 0 Å². The molecule has 0 unspecified atom stereocenters. The van der Waals surface area contributed by atoms with Gasteiger partial charge in [-0.3, -0.25) is 4.79 Å². The number of hydrogen-bond acceptors (Lipinski definition) is 5. The predicted molar refractivity (Wildman–Crippen MR) is 123 cm³/mol. The number of carboxylic acids is 2. The van der Waals surface area contributed by atoms with Crippen molar-refractivity contribution in [3.05, 3.63) is 35.9 Å². The summed E-state index contributed by atoms with van der Waals surface area (Å²) >= 11 is 0. The molecule has 0 bridgehead atoms. The second kappa shape index (κ2) is 10.7. The Morgan fingerprint density at radius 1 is 0.970 bits per heavy atom. The van der Waals surface area contributed by atoms with Gasteiger partial charge in [-0.1, -0.05) is 51.1 Å². The highest BCUT2D eigenvalue weighted by Gasteiger charge is 2.54. The third-order valence-electron chi connectivity index (χ3n) is 5.69. The SMILES string of the molecule is CC(C)(C)N(C(=O)CC[C@H](NC(=O)OCc1ccccc1)C(=O)O)[C@](C)(C(=O)O)C(C)(C)C. The molecule has 0 aliphatic rings. The van der Waals surface area contributed by atoms with Crippen LogP contribution in [0.1, 0.15) is 66.9 Å². The molecule has 0 aliphatic carbocycles. The summed E-state index contributed by atoms with van der Waals surface area (Å²) in [7, 11) is 0. The number of nitrogens with zero attached hydrogens (tertiary/aromatic N) is 1. The monoisotopic (exact) mass is 464 g/mol. The molecule has 9 nitrogen and oxygen atoms in total. The molecular formula is C24H36N2O7.